The quantitative estimate of drug-likeness (QED) is 0.892. The summed E-state index contributed by atoms with van der Waals surface area (Å²) in [5, 5.41) is 3.56. The van der Waals surface area contributed by atoms with Crippen molar-refractivity contribution in [2.45, 2.75) is 65.1 Å². The second-order valence-corrected chi connectivity index (χ2v) is 6.79. The highest BCUT2D eigenvalue weighted by molar-refractivity contribution is 5.49. The summed E-state index contributed by atoms with van der Waals surface area (Å²) in [5.41, 5.74) is 2.64. The lowest BCUT2D eigenvalue weighted by Crippen LogP contribution is -2.34. The predicted octanol–water partition coefficient (Wildman–Crippen LogP) is 3.27. The molecule has 1 saturated heterocycles. The van der Waals surface area contributed by atoms with Crippen LogP contribution in [0.25, 0.3) is 0 Å². The fourth-order valence-corrected chi connectivity index (χ4v) is 3.32. The van der Waals surface area contributed by atoms with E-state index >= 15 is 0 Å². The third-order valence-corrected chi connectivity index (χ3v) is 4.62. The van der Waals surface area contributed by atoms with Gasteiger partial charge >= 0.3 is 0 Å². The van der Waals surface area contributed by atoms with E-state index in [1.165, 1.54) is 42.6 Å². The molecular formula is C17H27N3. The molecular weight excluding hydrogens is 246 g/mol. The molecule has 2 aliphatic rings. The van der Waals surface area contributed by atoms with Crippen LogP contribution in [0.5, 0.6) is 0 Å². The zero-order chi connectivity index (χ0) is 14.1. The van der Waals surface area contributed by atoms with E-state index in [2.05, 4.69) is 43.3 Å². The molecule has 0 spiro atoms. The second-order valence-electron chi connectivity index (χ2n) is 6.79. The van der Waals surface area contributed by atoms with Crippen molar-refractivity contribution in [3.05, 3.63) is 23.4 Å². The molecule has 1 unspecified atom stereocenters. The molecule has 1 aromatic rings. The van der Waals surface area contributed by atoms with Crippen molar-refractivity contribution in [2.24, 2.45) is 5.92 Å². The summed E-state index contributed by atoms with van der Waals surface area (Å²) >= 11 is 0. The Morgan fingerprint density at radius 2 is 2.15 bits per heavy atom. The van der Waals surface area contributed by atoms with Crippen molar-refractivity contribution < 1.29 is 0 Å². The molecule has 110 valence electrons. The lowest BCUT2D eigenvalue weighted by atomic mass is 10.0. The Morgan fingerprint density at radius 1 is 1.35 bits per heavy atom. The fraction of sp³-hybridized carbons (Fsp3) is 0.706. The maximum absolute atomic E-state index is 4.78. The molecule has 0 amide bonds. The molecule has 1 saturated carbocycles. The minimum atomic E-state index is 0.664. The fourth-order valence-electron chi connectivity index (χ4n) is 3.32. The largest absolute Gasteiger partial charge is 0.353 e. The van der Waals surface area contributed by atoms with Crippen LogP contribution in [0.15, 0.2) is 12.3 Å². The SMILES string of the molecule is Cc1cc(CNC2CC2)cnc1N1CCCC1C(C)C. The molecule has 1 aromatic heterocycles. The van der Waals surface area contributed by atoms with Crippen LogP contribution >= 0.6 is 0 Å². The van der Waals surface area contributed by atoms with E-state index in [0.29, 0.717) is 12.0 Å². The van der Waals surface area contributed by atoms with Crippen LogP contribution in [0.1, 0.15) is 50.7 Å². The van der Waals surface area contributed by atoms with Gasteiger partial charge in [-0.1, -0.05) is 13.8 Å². The molecule has 0 bridgehead atoms. The summed E-state index contributed by atoms with van der Waals surface area (Å²) in [5.74, 6) is 1.91. The Labute approximate surface area is 122 Å². The number of anilines is 1. The summed E-state index contributed by atoms with van der Waals surface area (Å²) in [6, 6.07) is 3.74. The van der Waals surface area contributed by atoms with Crippen molar-refractivity contribution in [1.29, 1.82) is 0 Å². The van der Waals surface area contributed by atoms with Crippen LogP contribution in [0, 0.1) is 12.8 Å². The Balaban J connectivity index is 1.72. The molecule has 1 atom stereocenters. The van der Waals surface area contributed by atoms with Gasteiger partial charge < -0.3 is 10.2 Å². The number of rotatable bonds is 5. The monoisotopic (exact) mass is 273 g/mol. The number of nitrogens with one attached hydrogen (secondary N) is 1. The summed E-state index contributed by atoms with van der Waals surface area (Å²) in [6.07, 6.45) is 7.36. The first-order valence-corrected chi connectivity index (χ1v) is 8.10. The van der Waals surface area contributed by atoms with Crippen LogP contribution in [-0.4, -0.2) is 23.6 Å². The van der Waals surface area contributed by atoms with Gasteiger partial charge in [0.2, 0.25) is 0 Å². The number of aryl methyl sites for hydroxylation is 1. The summed E-state index contributed by atoms with van der Waals surface area (Å²) < 4.78 is 0. The van der Waals surface area contributed by atoms with Gasteiger partial charge in [-0.25, -0.2) is 4.98 Å². The van der Waals surface area contributed by atoms with Gasteiger partial charge in [0, 0.05) is 31.4 Å². The van der Waals surface area contributed by atoms with Gasteiger partial charge in [0.25, 0.3) is 0 Å². The Bertz CT molecular complexity index is 465. The molecule has 3 heteroatoms. The van der Waals surface area contributed by atoms with Crippen molar-refractivity contribution in [1.82, 2.24) is 10.3 Å². The number of pyridine rings is 1. The Kier molecular flexibility index (Phi) is 3.97. The highest BCUT2D eigenvalue weighted by Crippen LogP contribution is 2.30. The van der Waals surface area contributed by atoms with E-state index in [4.69, 9.17) is 4.98 Å². The van der Waals surface area contributed by atoms with E-state index in [0.717, 1.165) is 19.1 Å². The van der Waals surface area contributed by atoms with Crippen molar-refractivity contribution in [2.75, 3.05) is 11.4 Å². The molecule has 0 radical (unpaired) electrons. The normalized spacial score (nSPS) is 22.8. The Morgan fingerprint density at radius 3 is 2.80 bits per heavy atom. The van der Waals surface area contributed by atoms with E-state index in [9.17, 15) is 0 Å². The molecule has 3 nitrogen and oxygen atoms in total. The highest BCUT2D eigenvalue weighted by Gasteiger charge is 2.29. The number of aromatic nitrogens is 1. The van der Waals surface area contributed by atoms with Crippen LogP contribution in [0.4, 0.5) is 5.82 Å². The first kappa shape index (κ1) is 13.9. The van der Waals surface area contributed by atoms with Crippen molar-refractivity contribution >= 4 is 5.82 Å². The van der Waals surface area contributed by atoms with Crippen LogP contribution in [-0.2, 0) is 6.54 Å². The van der Waals surface area contributed by atoms with Gasteiger partial charge in [-0.2, -0.15) is 0 Å². The molecule has 1 aliphatic carbocycles. The zero-order valence-corrected chi connectivity index (χ0v) is 13.0. The predicted molar refractivity (Wildman–Crippen MR) is 84.0 cm³/mol. The van der Waals surface area contributed by atoms with E-state index in [-0.39, 0.29) is 0 Å². The van der Waals surface area contributed by atoms with Crippen molar-refractivity contribution in [3.8, 4) is 0 Å². The molecule has 2 fully saturated rings. The van der Waals surface area contributed by atoms with Gasteiger partial charge in [-0.3, -0.25) is 0 Å². The average molecular weight is 273 g/mol. The van der Waals surface area contributed by atoms with Crippen molar-refractivity contribution in [3.63, 3.8) is 0 Å². The molecule has 0 aromatic carbocycles. The van der Waals surface area contributed by atoms with E-state index in [1.807, 2.05) is 0 Å². The Hall–Kier alpha value is -1.09. The number of nitrogens with zero attached hydrogens (tertiary/aromatic N) is 2. The maximum Gasteiger partial charge on any atom is 0.131 e. The topological polar surface area (TPSA) is 28.2 Å². The minimum absolute atomic E-state index is 0.664. The van der Waals surface area contributed by atoms with E-state index in [1.54, 1.807) is 0 Å². The standard InChI is InChI=1S/C17H27N3/c1-12(2)16-5-4-8-20(16)17-13(3)9-14(11-19-17)10-18-15-6-7-15/h9,11-12,15-16,18H,4-8,10H2,1-3H3. The highest BCUT2D eigenvalue weighted by atomic mass is 15.2. The van der Waals surface area contributed by atoms with Crippen LogP contribution < -0.4 is 10.2 Å². The third-order valence-electron chi connectivity index (χ3n) is 4.62. The summed E-state index contributed by atoms with van der Waals surface area (Å²) in [4.78, 5) is 7.30. The minimum Gasteiger partial charge on any atom is -0.353 e. The average Bonchev–Trinajstić information content (AvgIpc) is 3.11. The lowest BCUT2D eigenvalue weighted by Gasteiger charge is -2.30. The van der Waals surface area contributed by atoms with Crippen LogP contribution in [0.2, 0.25) is 0 Å². The number of hydrogen-bond donors (Lipinski definition) is 1. The number of hydrogen-bond acceptors (Lipinski definition) is 3. The second kappa shape index (κ2) is 5.72. The van der Waals surface area contributed by atoms with E-state index < -0.39 is 0 Å². The molecule has 3 rings (SSSR count). The van der Waals surface area contributed by atoms with Gasteiger partial charge in [0.15, 0.2) is 0 Å². The molecule has 1 N–H and O–H groups in total. The first-order valence-electron chi connectivity index (χ1n) is 8.10. The third kappa shape index (κ3) is 2.98. The first-order chi connectivity index (χ1) is 9.65. The van der Waals surface area contributed by atoms with Gasteiger partial charge in [-0.15, -0.1) is 0 Å². The molecule has 20 heavy (non-hydrogen) atoms. The maximum atomic E-state index is 4.78. The summed E-state index contributed by atoms with van der Waals surface area (Å²) in [6.45, 7) is 8.99. The molecule has 2 heterocycles. The molecule has 1 aliphatic heterocycles. The van der Waals surface area contributed by atoms with Gasteiger partial charge in [0.1, 0.15) is 5.82 Å². The zero-order valence-electron chi connectivity index (χ0n) is 13.0. The smallest absolute Gasteiger partial charge is 0.131 e. The lowest BCUT2D eigenvalue weighted by molar-refractivity contribution is 0.489. The van der Waals surface area contributed by atoms with Gasteiger partial charge in [0.05, 0.1) is 0 Å². The van der Waals surface area contributed by atoms with Crippen LogP contribution in [0.3, 0.4) is 0 Å². The van der Waals surface area contributed by atoms with Gasteiger partial charge in [-0.05, 0) is 55.7 Å². The summed E-state index contributed by atoms with van der Waals surface area (Å²) in [7, 11) is 0.